The summed E-state index contributed by atoms with van der Waals surface area (Å²) in [6.45, 7) is 5.75. The largest absolute Gasteiger partial charge is 0.493 e. The van der Waals surface area contributed by atoms with Crippen LogP contribution in [0.1, 0.15) is 24.8 Å². The van der Waals surface area contributed by atoms with Crippen molar-refractivity contribution in [3.63, 3.8) is 0 Å². The number of methoxy groups -OCH3 is 4. The van der Waals surface area contributed by atoms with Gasteiger partial charge in [-0.3, -0.25) is 4.79 Å². The lowest BCUT2D eigenvalue weighted by molar-refractivity contribution is -0.130. The van der Waals surface area contributed by atoms with E-state index >= 15 is 0 Å². The summed E-state index contributed by atoms with van der Waals surface area (Å²) in [5.74, 6) is 0.416. The number of hydrogen-bond donors (Lipinski definition) is 1. The number of hydrogen-bond acceptors (Lipinski definition) is 6. The second kappa shape index (κ2) is 7.60. The van der Waals surface area contributed by atoms with Gasteiger partial charge in [0.15, 0.2) is 17.3 Å². The highest BCUT2D eigenvalue weighted by Gasteiger charge is 2.63. The molecule has 1 aromatic carbocycles. The maximum Gasteiger partial charge on any atom is 0.203 e. The summed E-state index contributed by atoms with van der Waals surface area (Å²) in [6.07, 6.45) is 3.00. The Bertz CT molecular complexity index is 788. The fraction of sp³-hybridized carbons (Fsp3) is 0.500. The fourth-order valence-corrected chi connectivity index (χ4v) is 4.89. The molecule has 6 nitrogen and oxygen atoms in total. The maximum absolute atomic E-state index is 13.2. The Hall–Kier alpha value is -2.31. The summed E-state index contributed by atoms with van der Waals surface area (Å²) >= 11 is 0. The predicted octanol–water partition coefficient (Wildman–Crippen LogP) is 2.89. The molecule has 5 atom stereocenters. The number of allylic oxidation sites excluding steroid dienone is 2. The smallest absolute Gasteiger partial charge is 0.203 e. The zero-order valence-corrected chi connectivity index (χ0v) is 17.0. The van der Waals surface area contributed by atoms with Crippen molar-refractivity contribution in [1.29, 1.82) is 0 Å². The number of fused-ring (bicyclic) bond motifs is 2. The van der Waals surface area contributed by atoms with E-state index in [2.05, 4.69) is 6.58 Å². The molecule has 152 valence electrons. The molecule has 28 heavy (non-hydrogen) atoms. The lowest BCUT2D eigenvalue weighted by Crippen LogP contribution is -2.48. The molecule has 2 aliphatic carbocycles. The quantitative estimate of drug-likeness (QED) is 0.724. The first-order valence-electron chi connectivity index (χ1n) is 9.30. The van der Waals surface area contributed by atoms with Crippen LogP contribution in [0.15, 0.2) is 36.4 Å². The number of rotatable bonds is 7. The van der Waals surface area contributed by atoms with Crippen molar-refractivity contribution in [2.24, 2.45) is 11.8 Å². The lowest BCUT2D eigenvalue weighted by atomic mass is 9.79. The Kier molecular flexibility index (Phi) is 5.55. The van der Waals surface area contributed by atoms with E-state index in [9.17, 15) is 9.90 Å². The Morgan fingerprint density at radius 2 is 1.71 bits per heavy atom. The van der Waals surface area contributed by atoms with Gasteiger partial charge in [0, 0.05) is 13.0 Å². The van der Waals surface area contributed by atoms with Crippen LogP contribution >= 0.6 is 0 Å². The van der Waals surface area contributed by atoms with E-state index in [1.54, 1.807) is 40.6 Å². The van der Waals surface area contributed by atoms with Gasteiger partial charge in [0.05, 0.1) is 33.4 Å². The van der Waals surface area contributed by atoms with Gasteiger partial charge in [-0.25, -0.2) is 0 Å². The highest BCUT2D eigenvalue weighted by Crippen LogP contribution is 2.57. The molecule has 0 unspecified atom stereocenters. The summed E-state index contributed by atoms with van der Waals surface area (Å²) in [4.78, 5) is 13.2. The van der Waals surface area contributed by atoms with Crippen molar-refractivity contribution in [1.82, 2.24) is 0 Å². The van der Waals surface area contributed by atoms with Gasteiger partial charge in [-0.05, 0) is 41.7 Å². The van der Waals surface area contributed by atoms with Crippen molar-refractivity contribution >= 4 is 5.78 Å². The third-order valence-electron chi connectivity index (χ3n) is 6.25. The molecule has 1 N–H and O–H groups in total. The molecule has 2 aliphatic rings. The van der Waals surface area contributed by atoms with Crippen LogP contribution in [0.5, 0.6) is 17.2 Å². The van der Waals surface area contributed by atoms with Gasteiger partial charge in [-0.15, -0.1) is 6.58 Å². The third-order valence-corrected chi connectivity index (χ3v) is 6.25. The molecule has 0 saturated heterocycles. The van der Waals surface area contributed by atoms with Crippen molar-refractivity contribution in [3.8, 4) is 17.2 Å². The first-order valence-corrected chi connectivity index (χ1v) is 9.30. The SMILES string of the molecule is C=CCC1=C[C@]2(OC)[C@H](C)[C@@H](c3cc(OC)c(OC)c(OC)c3)[C@H](C1=O)[C@H]2O. The number of Topliss-reactive ketones (excluding diaryl/α,β-unsaturated/α-hetero) is 1. The number of carbonyl (C=O) groups excluding carboxylic acids is 1. The first kappa shape index (κ1) is 20.4. The van der Waals surface area contributed by atoms with Gasteiger partial charge in [-0.1, -0.05) is 13.0 Å². The zero-order chi connectivity index (χ0) is 20.6. The van der Waals surface area contributed by atoms with Crippen molar-refractivity contribution < 1.29 is 28.8 Å². The summed E-state index contributed by atoms with van der Waals surface area (Å²) in [7, 11) is 6.23. The average Bonchev–Trinajstić information content (AvgIpc) is 2.86. The van der Waals surface area contributed by atoms with Crippen LogP contribution < -0.4 is 14.2 Å². The van der Waals surface area contributed by atoms with Crippen LogP contribution in [0.4, 0.5) is 0 Å². The second-order valence-electron chi connectivity index (χ2n) is 7.33. The van der Waals surface area contributed by atoms with E-state index in [0.717, 1.165) is 5.56 Å². The summed E-state index contributed by atoms with van der Waals surface area (Å²) in [5.41, 5.74) is 0.544. The number of carbonyl (C=O) groups is 1. The molecule has 3 rings (SSSR count). The van der Waals surface area contributed by atoms with Crippen molar-refractivity contribution in [2.75, 3.05) is 28.4 Å². The van der Waals surface area contributed by atoms with Gasteiger partial charge in [0.1, 0.15) is 5.60 Å². The molecular formula is C22H28O6. The summed E-state index contributed by atoms with van der Waals surface area (Å²) in [5, 5.41) is 11.1. The van der Waals surface area contributed by atoms with Gasteiger partial charge >= 0.3 is 0 Å². The predicted molar refractivity (Wildman–Crippen MR) is 105 cm³/mol. The average molecular weight is 388 g/mol. The van der Waals surface area contributed by atoms with Crippen LogP contribution in [0, 0.1) is 11.8 Å². The van der Waals surface area contributed by atoms with E-state index in [4.69, 9.17) is 18.9 Å². The highest BCUT2D eigenvalue weighted by molar-refractivity contribution is 6.00. The monoisotopic (exact) mass is 388 g/mol. The molecule has 0 aliphatic heterocycles. The number of aliphatic hydroxyl groups excluding tert-OH is 1. The number of ketones is 1. The van der Waals surface area contributed by atoms with Gasteiger partial charge in [0.2, 0.25) is 5.75 Å². The van der Waals surface area contributed by atoms with E-state index in [1.165, 1.54) is 0 Å². The number of ether oxygens (including phenoxy) is 4. The Morgan fingerprint density at radius 1 is 1.11 bits per heavy atom. The molecular weight excluding hydrogens is 360 g/mol. The molecule has 1 fully saturated rings. The summed E-state index contributed by atoms with van der Waals surface area (Å²) in [6, 6.07) is 3.69. The molecule has 0 radical (unpaired) electrons. The molecule has 1 saturated carbocycles. The van der Waals surface area contributed by atoms with Crippen LogP contribution in [0.2, 0.25) is 0 Å². The fourth-order valence-electron chi connectivity index (χ4n) is 4.89. The zero-order valence-electron chi connectivity index (χ0n) is 17.0. The number of aliphatic hydroxyl groups is 1. The Labute approximate surface area is 165 Å². The Balaban J connectivity index is 2.17. The minimum Gasteiger partial charge on any atom is -0.493 e. The molecule has 0 aromatic heterocycles. The second-order valence-corrected chi connectivity index (χ2v) is 7.33. The molecule has 1 aromatic rings. The normalized spacial score (nSPS) is 31.4. The van der Waals surface area contributed by atoms with Gasteiger partial charge in [-0.2, -0.15) is 0 Å². The third kappa shape index (κ3) is 2.74. The van der Waals surface area contributed by atoms with Crippen LogP contribution in [-0.2, 0) is 9.53 Å². The van der Waals surface area contributed by atoms with Crippen molar-refractivity contribution in [2.45, 2.75) is 31.0 Å². The van der Waals surface area contributed by atoms with E-state index in [-0.39, 0.29) is 17.6 Å². The van der Waals surface area contributed by atoms with Gasteiger partial charge < -0.3 is 24.1 Å². The molecule has 6 heteroatoms. The summed E-state index contributed by atoms with van der Waals surface area (Å²) < 4.78 is 22.2. The maximum atomic E-state index is 13.2. The van der Waals surface area contributed by atoms with E-state index < -0.39 is 17.6 Å². The lowest BCUT2D eigenvalue weighted by Gasteiger charge is -2.36. The topological polar surface area (TPSA) is 74.2 Å². The first-order chi connectivity index (χ1) is 13.4. The standard InChI is InChI=1S/C22H28O6/c1-7-8-13-11-22(28-6)12(2)17(18(19(13)23)21(22)24)14-9-15(25-3)20(27-5)16(10-14)26-4/h7,9-12,17-18,21,24H,1,8H2,2-6H3/t12-,17+,18-,21-,22+/m1/s1. The number of benzene rings is 1. The van der Waals surface area contributed by atoms with E-state index in [0.29, 0.717) is 29.2 Å². The van der Waals surface area contributed by atoms with Crippen LogP contribution in [-0.4, -0.2) is 51.0 Å². The molecule has 0 spiro atoms. The highest BCUT2D eigenvalue weighted by atomic mass is 16.5. The van der Waals surface area contributed by atoms with Crippen LogP contribution in [0.25, 0.3) is 0 Å². The molecule has 0 heterocycles. The van der Waals surface area contributed by atoms with Crippen molar-refractivity contribution in [3.05, 3.63) is 42.0 Å². The van der Waals surface area contributed by atoms with Crippen LogP contribution in [0.3, 0.4) is 0 Å². The minimum atomic E-state index is -0.933. The minimum absolute atomic E-state index is 0.0665. The Morgan fingerprint density at radius 3 is 2.18 bits per heavy atom. The molecule has 2 bridgehead atoms. The molecule has 0 amide bonds. The van der Waals surface area contributed by atoms with E-state index in [1.807, 2.05) is 19.1 Å². The van der Waals surface area contributed by atoms with Gasteiger partial charge in [0.25, 0.3) is 0 Å².